The van der Waals surface area contributed by atoms with E-state index in [-0.39, 0.29) is 23.4 Å². The molecule has 2 unspecified atom stereocenters. The minimum atomic E-state index is -0.168. The molecule has 21 heavy (non-hydrogen) atoms. The van der Waals surface area contributed by atoms with Gasteiger partial charge in [-0.25, -0.2) is 0 Å². The van der Waals surface area contributed by atoms with Crippen molar-refractivity contribution in [3.63, 3.8) is 0 Å². The molecule has 0 aromatic carbocycles. The Labute approximate surface area is 124 Å². The van der Waals surface area contributed by atoms with E-state index in [0.717, 1.165) is 36.5 Å². The van der Waals surface area contributed by atoms with Crippen molar-refractivity contribution in [1.82, 2.24) is 14.9 Å². The number of fused-ring (bicyclic) bond motifs is 1. The highest BCUT2D eigenvalue weighted by Crippen LogP contribution is 2.40. The zero-order chi connectivity index (χ0) is 15.0. The summed E-state index contributed by atoms with van der Waals surface area (Å²) in [6.45, 7) is 1.78. The lowest BCUT2D eigenvalue weighted by Crippen LogP contribution is -2.54. The van der Waals surface area contributed by atoms with E-state index in [2.05, 4.69) is 11.0 Å². The van der Waals surface area contributed by atoms with Gasteiger partial charge in [0.25, 0.3) is 5.91 Å². The molecule has 3 rings (SSSR count). The van der Waals surface area contributed by atoms with Crippen LogP contribution in [-0.4, -0.2) is 60.1 Å². The normalized spacial score (nSPS) is 31.2. The maximum Gasteiger partial charge on any atom is 0.266 e. The first-order chi connectivity index (χ1) is 10.1. The highest BCUT2D eigenvalue weighted by atomic mass is 19.2. The molecule has 114 valence electrons. The van der Waals surface area contributed by atoms with Crippen molar-refractivity contribution in [2.24, 2.45) is 5.92 Å². The van der Waals surface area contributed by atoms with Gasteiger partial charge in [-0.15, -0.1) is 9.60 Å². The number of amides is 1. The van der Waals surface area contributed by atoms with Crippen LogP contribution in [0.1, 0.15) is 25.7 Å². The van der Waals surface area contributed by atoms with Gasteiger partial charge in [-0.1, -0.05) is 12.8 Å². The lowest BCUT2D eigenvalue weighted by Gasteiger charge is -2.47. The summed E-state index contributed by atoms with van der Waals surface area (Å²) in [7, 11) is 1.80. The fraction of sp³-hybridized carbons (Fsp3) is 0.733. The SMILES string of the molecule is CN1C(=O)C(C#N)=C(N2CCN(F)CC2)C2CCCCC21. The Morgan fingerprint density at radius 2 is 1.86 bits per heavy atom. The lowest BCUT2D eigenvalue weighted by atomic mass is 9.77. The summed E-state index contributed by atoms with van der Waals surface area (Å²) in [4.78, 5) is 16.3. The third kappa shape index (κ3) is 2.40. The minimum Gasteiger partial charge on any atom is -0.371 e. The van der Waals surface area contributed by atoms with Crippen LogP contribution in [0.3, 0.4) is 0 Å². The van der Waals surface area contributed by atoms with Crippen molar-refractivity contribution >= 4 is 5.91 Å². The number of carbonyl (C=O) groups excluding carboxylic acids is 1. The standard InChI is InChI=1S/C15H21FN4O/c1-18-13-5-3-2-4-11(13)14(12(10-17)15(18)21)19-6-8-20(16)9-7-19/h11,13H,2-9H2,1H3. The van der Waals surface area contributed by atoms with Gasteiger partial charge < -0.3 is 9.80 Å². The molecular formula is C15H21FN4O. The van der Waals surface area contributed by atoms with Gasteiger partial charge >= 0.3 is 0 Å². The first-order valence-corrected chi connectivity index (χ1v) is 7.70. The van der Waals surface area contributed by atoms with E-state index in [1.54, 1.807) is 11.9 Å². The Morgan fingerprint density at radius 1 is 1.19 bits per heavy atom. The van der Waals surface area contributed by atoms with Crippen LogP contribution in [0.25, 0.3) is 0 Å². The molecule has 6 heteroatoms. The zero-order valence-electron chi connectivity index (χ0n) is 12.4. The third-order valence-corrected chi connectivity index (χ3v) is 5.05. The van der Waals surface area contributed by atoms with Crippen LogP contribution in [0.5, 0.6) is 0 Å². The number of nitrogens with zero attached hydrogens (tertiary/aromatic N) is 4. The van der Waals surface area contributed by atoms with E-state index in [4.69, 9.17) is 0 Å². The van der Waals surface area contributed by atoms with Crippen molar-refractivity contribution in [3.8, 4) is 6.07 Å². The Balaban J connectivity index is 1.97. The molecule has 1 aliphatic carbocycles. The maximum absolute atomic E-state index is 13.2. The molecule has 0 radical (unpaired) electrons. The third-order valence-electron chi connectivity index (χ3n) is 5.05. The van der Waals surface area contributed by atoms with E-state index >= 15 is 0 Å². The van der Waals surface area contributed by atoms with Gasteiger partial charge in [0.1, 0.15) is 11.6 Å². The number of carbonyl (C=O) groups is 1. The predicted octanol–water partition coefficient (Wildman–Crippen LogP) is 1.30. The summed E-state index contributed by atoms with van der Waals surface area (Å²) >= 11 is 0. The lowest BCUT2D eigenvalue weighted by molar-refractivity contribution is -0.131. The van der Waals surface area contributed by atoms with Crippen LogP contribution in [0.15, 0.2) is 11.3 Å². The van der Waals surface area contributed by atoms with Gasteiger partial charge in [0.2, 0.25) is 0 Å². The minimum absolute atomic E-state index is 0.168. The fourth-order valence-corrected chi connectivity index (χ4v) is 3.94. The topological polar surface area (TPSA) is 50.6 Å². The molecular weight excluding hydrogens is 271 g/mol. The van der Waals surface area contributed by atoms with Gasteiger partial charge in [-0.2, -0.15) is 5.26 Å². The van der Waals surface area contributed by atoms with E-state index < -0.39 is 0 Å². The number of hydrogen-bond acceptors (Lipinski definition) is 4. The molecule has 5 nitrogen and oxygen atoms in total. The van der Waals surface area contributed by atoms with E-state index in [9.17, 15) is 14.5 Å². The van der Waals surface area contributed by atoms with Gasteiger partial charge in [-0.3, -0.25) is 4.79 Å². The summed E-state index contributed by atoms with van der Waals surface area (Å²) in [6.07, 6.45) is 4.28. The molecule has 3 aliphatic rings. The monoisotopic (exact) mass is 292 g/mol. The summed E-state index contributed by atoms with van der Waals surface area (Å²) < 4.78 is 13.2. The van der Waals surface area contributed by atoms with Crippen molar-refractivity contribution in [1.29, 1.82) is 5.26 Å². The number of piperazine rings is 1. The number of likely N-dealkylation sites (N-methyl/N-ethyl adjacent to an activating group) is 1. The summed E-state index contributed by atoms with van der Waals surface area (Å²) in [5.41, 5.74) is 1.16. The molecule has 1 saturated heterocycles. The van der Waals surface area contributed by atoms with E-state index in [0.29, 0.717) is 26.2 Å². The molecule has 2 atom stereocenters. The van der Waals surface area contributed by atoms with Crippen molar-refractivity contribution in [2.75, 3.05) is 33.2 Å². The molecule has 1 saturated carbocycles. The number of hydrogen-bond donors (Lipinski definition) is 0. The number of rotatable bonds is 1. The average Bonchev–Trinajstić information content (AvgIpc) is 2.52. The molecule has 0 aromatic heterocycles. The van der Waals surface area contributed by atoms with Crippen LogP contribution in [-0.2, 0) is 4.79 Å². The smallest absolute Gasteiger partial charge is 0.266 e. The molecule has 2 heterocycles. The second-order valence-corrected chi connectivity index (χ2v) is 6.14. The molecule has 0 spiro atoms. The summed E-state index contributed by atoms with van der Waals surface area (Å²) in [6, 6.07) is 2.31. The molecule has 1 amide bonds. The molecule has 0 N–H and O–H groups in total. The van der Waals surface area contributed by atoms with Gasteiger partial charge in [0.05, 0.1) is 0 Å². The summed E-state index contributed by atoms with van der Waals surface area (Å²) in [5.74, 6) is 0.0700. The van der Waals surface area contributed by atoms with Gasteiger partial charge in [-0.05, 0) is 12.8 Å². The highest BCUT2D eigenvalue weighted by molar-refractivity contribution is 5.99. The Hall–Kier alpha value is -1.61. The second kappa shape index (κ2) is 5.64. The van der Waals surface area contributed by atoms with Gasteiger partial charge in [0.15, 0.2) is 0 Å². The van der Waals surface area contributed by atoms with Crippen LogP contribution in [0, 0.1) is 17.2 Å². The Kier molecular flexibility index (Phi) is 3.85. The van der Waals surface area contributed by atoms with Crippen molar-refractivity contribution < 1.29 is 9.28 Å². The molecule has 2 aliphatic heterocycles. The summed E-state index contributed by atoms with van der Waals surface area (Å²) in [5, 5.41) is 10.3. The molecule has 2 fully saturated rings. The predicted molar refractivity (Wildman–Crippen MR) is 75.4 cm³/mol. The van der Waals surface area contributed by atoms with E-state index in [1.807, 2.05) is 0 Å². The quantitative estimate of drug-likeness (QED) is 0.684. The first kappa shape index (κ1) is 14.3. The van der Waals surface area contributed by atoms with Crippen LogP contribution < -0.4 is 0 Å². The largest absolute Gasteiger partial charge is 0.371 e. The number of halogens is 1. The van der Waals surface area contributed by atoms with Crippen LogP contribution in [0.4, 0.5) is 4.48 Å². The molecule has 0 aromatic rings. The van der Waals surface area contributed by atoms with Gasteiger partial charge in [0, 0.05) is 50.9 Å². The zero-order valence-corrected chi connectivity index (χ0v) is 12.4. The number of nitriles is 1. The molecule has 0 bridgehead atoms. The maximum atomic E-state index is 13.2. The van der Waals surface area contributed by atoms with Crippen molar-refractivity contribution in [3.05, 3.63) is 11.3 Å². The Bertz CT molecular complexity index is 504. The van der Waals surface area contributed by atoms with Crippen LogP contribution in [0.2, 0.25) is 0 Å². The highest BCUT2D eigenvalue weighted by Gasteiger charge is 2.43. The van der Waals surface area contributed by atoms with Crippen LogP contribution >= 0.6 is 0 Å². The second-order valence-electron chi connectivity index (χ2n) is 6.14. The first-order valence-electron chi connectivity index (χ1n) is 7.70. The van der Waals surface area contributed by atoms with Crippen molar-refractivity contribution in [2.45, 2.75) is 31.7 Å². The fourth-order valence-electron chi connectivity index (χ4n) is 3.94. The Morgan fingerprint density at radius 3 is 2.52 bits per heavy atom. The van der Waals surface area contributed by atoms with E-state index in [1.165, 1.54) is 0 Å². The average molecular weight is 292 g/mol.